The number of hydrogen-bond donors (Lipinski definition) is 2. The van der Waals surface area contributed by atoms with E-state index in [0.29, 0.717) is 19.1 Å². The van der Waals surface area contributed by atoms with Gasteiger partial charge in [0.15, 0.2) is 15.8 Å². The van der Waals surface area contributed by atoms with E-state index in [0.717, 1.165) is 13.0 Å². The summed E-state index contributed by atoms with van der Waals surface area (Å²) in [5, 5.41) is 6.03. The Bertz CT molecular complexity index is 320. The number of hydrogen-bond acceptors (Lipinski definition) is 4. The second-order valence-electron chi connectivity index (χ2n) is 3.51. The summed E-state index contributed by atoms with van der Waals surface area (Å²) in [6, 6.07) is 0. The molecule has 0 saturated carbocycles. The molecule has 0 aromatic rings. The molecular formula is C10H24IN3O3S. The summed E-state index contributed by atoms with van der Waals surface area (Å²) in [6.45, 7) is 3.45. The molecule has 18 heavy (non-hydrogen) atoms. The summed E-state index contributed by atoms with van der Waals surface area (Å²) < 4.78 is 27.4. The van der Waals surface area contributed by atoms with Crippen molar-refractivity contribution in [1.29, 1.82) is 0 Å². The molecule has 0 rings (SSSR count). The topological polar surface area (TPSA) is 79.8 Å². The van der Waals surface area contributed by atoms with E-state index >= 15 is 0 Å². The number of ether oxygens (including phenoxy) is 1. The SMILES string of the molecule is CCS(=O)(=O)CCNC(=NC)NCCCOC.I. The maximum atomic E-state index is 11.3. The van der Waals surface area contributed by atoms with E-state index in [2.05, 4.69) is 15.6 Å². The summed E-state index contributed by atoms with van der Waals surface area (Å²) >= 11 is 0. The molecule has 0 heterocycles. The van der Waals surface area contributed by atoms with Crippen LogP contribution in [-0.2, 0) is 14.6 Å². The molecule has 6 nitrogen and oxygen atoms in total. The maximum Gasteiger partial charge on any atom is 0.191 e. The lowest BCUT2D eigenvalue weighted by molar-refractivity contribution is 0.195. The third-order valence-electron chi connectivity index (χ3n) is 2.19. The van der Waals surface area contributed by atoms with Crippen molar-refractivity contribution in [3.63, 3.8) is 0 Å². The highest BCUT2D eigenvalue weighted by molar-refractivity contribution is 14.0. The van der Waals surface area contributed by atoms with Crippen molar-refractivity contribution >= 4 is 39.8 Å². The van der Waals surface area contributed by atoms with Gasteiger partial charge >= 0.3 is 0 Å². The average molecular weight is 393 g/mol. The fraction of sp³-hybridized carbons (Fsp3) is 0.900. The summed E-state index contributed by atoms with van der Waals surface area (Å²) in [6.07, 6.45) is 0.879. The van der Waals surface area contributed by atoms with Gasteiger partial charge in [0.2, 0.25) is 0 Å². The molecule has 8 heteroatoms. The van der Waals surface area contributed by atoms with Gasteiger partial charge in [-0.3, -0.25) is 4.99 Å². The molecule has 0 spiro atoms. The standard InChI is InChI=1S/C10H23N3O3S.HI/c1-4-17(14,15)9-7-13-10(11-2)12-6-5-8-16-3;/h4-9H2,1-3H3,(H2,11,12,13);1H. The molecule has 0 amide bonds. The molecule has 0 aromatic heterocycles. The van der Waals surface area contributed by atoms with Gasteiger partial charge in [-0.05, 0) is 6.42 Å². The lowest BCUT2D eigenvalue weighted by atomic mass is 10.4. The Morgan fingerprint density at radius 2 is 1.89 bits per heavy atom. The molecule has 0 aliphatic rings. The van der Waals surface area contributed by atoms with Crippen LogP contribution in [0.15, 0.2) is 4.99 Å². The predicted octanol–water partition coefficient (Wildman–Crippen LogP) is 0.241. The predicted molar refractivity (Wildman–Crippen MR) is 85.6 cm³/mol. The zero-order chi connectivity index (χ0) is 13.1. The zero-order valence-electron chi connectivity index (χ0n) is 11.2. The van der Waals surface area contributed by atoms with Gasteiger partial charge in [-0.2, -0.15) is 0 Å². The Kier molecular flexibility index (Phi) is 13.5. The number of sulfone groups is 1. The second kappa shape index (κ2) is 12.0. The number of nitrogens with zero attached hydrogens (tertiary/aromatic N) is 1. The van der Waals surface area contributed by atoms with E-state index in [-0.39, 0.29) is 35.5 Å². The van der Waals surface area contributed by atoms with Crippen LogP contribution in [-0.4, -0.2) is 59.7 Å². The van der Waals surface area contributed by atoms with Gasteiger partial charge in [0.05, 0.1) is 5.75 Å². The van der Waals surface area contributed by atoms with E-state index in [9.17, 15) is 8.42 Å². The van der Waals surface area contributed by atoms with Crippen LogP contribution < -0.4 is 10.6 Å². The Balaban J connectivity index is 0. The zero-order valence-corrected chi connectivity index (χ0v) is 14.4. The quantitative estimate of drug-likeness (QED) is 0.267. The molecule has 0 atom stereocenters. The number of methoxy groups -OCH3 is 1. The number of guanidine groups is 1. The van der Waals surface area contributed by atoms with Gasteiger partial charge < -0.3 is 15.4 Å². The smallest absolute Gasteiger partial charge is 0.191 e. The van der Waals surface area contributed by atoms with E-state index in [4.69, 9.17) is 4.74 Å². The largest absolute Gasteiger partial charge is 0.385 e. The summed E-state index contributed by atoms with van der Waals surface area (Å²) in [5.74, 6) is 0.920. The Hall–Kier alpha value is -0.0900. The van der Waals surface area contributed by atoms with Crippen molar-refractivity contribution < 1.29 is 13.2 Å². The molecule has 0 radical (unpaired) electrons. The van der Waals surface area contributed by atoms with E-state index in [1.54, 1.807) is 21.1 Å². The molecule has 0 fully saturated rings. The normalized spacial score (nSPS) is 11.8. The summed E-state index contributed by atoms with van der Waals surface area (Å²) in [5.41, 5.74) is 0. The van der Waals surface area contributed by atoms with Crippen LogP contribution in [0.5, 0.6) is 0 Å². The van der Waals surface area contributed by atoms with Gasteiger partial charge in [-0.1, -0.05) is 6.92 Å². The first-order valence-corrected chi connectivity index (χ1v) is 7.51. The van der Waals surface area contributed by atoms with Crippen molar-refractivity contribution in [2.75, 3.05) is 45.4 Å². The van der Waals surface area contributed by atoms with E-state index in [1.165, 1.54) is 0 Å². The summed E-state index contributed by atoms with van der Waals surface area (Å²) in [4.78, 5) is 3.99. The van der Waals surface area contributed by atoms with Crippen LogP contribution in [0.3, 0.4) is 0 Å². The fourth-order valence-corrected chi connectivity index (χ4v) is 1.81. The Labute approximate surface area is 127 Å². The first kappa shape index (κ1) is 20.2. The lowest BCUT2D eigenvalue weighted by Crippen LogP contribution is -2.40. The molecule has 0 aromatic carbocycles. The van der Waals surface area contributed by atoms with Crippen LogP contribution in [0.4, 0.5) is 0 Å². The van der Waals surface area contributed by atoms with Crippen LogP contribution in [0.2, 0.25) is 0 Å². The monoisotopic (exact) mass is 393 g/mol. The van der Waals surface area contributed by atoms with Crippen molar-refractivity contribution in [3.05, 3.63) is 0 Å². The highest BCUT2D eigenvalue weighted by atomic mass is 127. The van der Waals surface area contributed by atoms with Crippen LogP contribution >= 0.6 is 24.0 Å². The number of aliphatic imine (C=N–C) groups is 1. The average Bonchev–Trinajstić information content (AvgIpc) is 2.32. The molecule has 2 N–H and O–H groups in total. The highest BCUT2D eigenvalue weighted by Gasteiger charge is 2.06. The van der Waals surface area contributed by atoms with E-state index < -0.39 is 9.84 Å². The highest BCUT2D eigenvalue weighted by Crippen LogP contribution is 1.87. The number of rotatable bonds is 8. The summed E-state index contributed by atoms with van der Waals surface area (Å²) in [7, 11) is 0.390. The molecule has 0 aliphatic heterocycles. The Morgan fingerprint density at radius 3 is 2.39 bits per heavy atom. The molecule has 0 unspecified atom stereocenters. The van der Waals surface area contributed by atoms with Gasteiger partial charge in [0.25, 0.3) is 0 Å². The van der Waals surface area contributed by atoms with Crippen LogP contribution in [0.1, 0.15) is 13.3 Å². The van der Waals surface area contributed by atoms with Crippen LogP contribution in [0, 0.1) is 0 Å². The van der Waals surface area contributed by atoms with Crippen LogP contribution in [0.25, 0.3) is 0 Å². The van der Waals surface area contributed by atoms with Crippen molar-refractivity contribution in [2.45, 2.75) is 13.3 Å². The molecule has 110 valence electrons. The third kappa shape index (κ3) is 11.0. The van der Waals surface area contributed by atoms with Crippen molar-refractivity contribution in [2.24, 2.45) is 4.99 Å². The van der Waals surface area contributed by atoms with Crippen molar-refractivity contribution in [1.82, 2.24) is 10.6 Å². The molecule has 0 aliphatic carbocycles. The van der Waals surface area contributed by atoms with Gasteiger partial charge in [0.1, 0.15) is 0 Å². The lowest BCUT2D eigenvalue weighted by Gasteiger charge is -2.11. The van der Waals surface area contributed by atoms with Gasteiger partial charge in [0, 0.05) is 39.6 Å². The van der Waals surface area contributed by atoms with Crippen molar-refractivity contribution in [3.8, 4) is 0 Å². The molecule has 0 saturated heterocycles. The minimum absolute atomic E-state index is 0. The Morgan fingerprint density at radius 1 is 1.28 bits per heavy atom. The van der Waals surface area contributed by atoms with Gasteiger partial charge in [-0.15, -0.1) is 24.0 Å². The third-order valence-corrected chi connectivity index (χ3v) is 3.89. The van der Waals surface area contributed by atoms with Gasteiger partial charge in [-0.25, -0.2) is 8.42 Å². The maximum absolute atomic E-state index is 11.3. The minimum Gasteiger partial charge on any atom is -0.385 e. The first-order chi connectivity index (χ1) is 8.05. The number of nitrogens with one attached hydrogen (secondary N) is 2. The number of halogens is 1. The van der Waals surface area contributed by atoms with E-state index in [1.807, 2.05) is 0 Å². The first-order valence-electron chi connectivity index (χ1n) is 5.69. The second-order valence-corrected chi connectivity index (χ2v) is 5.98. The molecular weight excluding hydrogens is 369 g/mol. The minimum atomic E-state index is -2.92. The molecule has 0 bridgehead atoms. The fourth-order valence-electron chi connectivity index (χ4n) is 1.11.